The summed E-state index contributed by atoms with van der Waals surface area (Å²) < 4.78 is 0. The minimum Gasteiger partial charge on any atom is -0.313 e. The number of rotatable bonds is 1. The van der Waals surface area contributed by atoms with E-state index >= 15 is 0 Å². The third-order valence-electron chi connectivity index (χ3n) is 3.40. The molecule has 88 valence electrons. The molecule has 1 aliphatic rings. The van der Waals surface area contributed by atoms with Crippen molar-refractivity contribution < 1.29 is 0 Å². The van der Waals surface area contributed by atoms with Gasteiger partial charge in [0.2, 0.25) is 0 Å². The van der Waals surface area contributed by atoms with Crippen LogP contribution in [0.4, 0.5) is 0 Å². The molecule has 16 heavy (non-hydrogen) atoms. The van der Waals surface area contributed by atoms with Crippen molar-refractivity contribution in [2.24, 2.45) is 0 Å². The number of nitrogens with one attached hydrogen (secondary N) is 1. The maximum Gasteiger partial charge on any atom is 0.0333 e. The van der Waals surface area contributed by atoms with Gasteiger partial charge < -0.3 is 5.32 Å². The fraction of sp³-hybridized carbons (Fsp3) is 0.571. The standard InChI is InChI=1S/C14H21NS/c1-9-5-10(2)14-12(6-9)8-16-11(3)7-13(14)15-4/h5-6,11,13,15H,7-8H2,1-4H3. The molecule has 0 saturated carbocycles. The van der Waals surface area contributed by atoms with Gasteiger partial charge in [0.05, 0.1) is 0 Å². The number of benzene rings is 1. The highest BCUT2D eigenvalue weighted by atomic mass is 32.2. The molecular formula is C14H21NS. The van der Waals surface area contributed by atoms with Gasteiger partial charge in [0, 0.05) is 17.0 Å². The van der Waals surface area contributed by atoms with E-state index < -0.39 is 0 Å². The van der Waals surface area contributed by atoms with E-state index in [1.165, 1.54) is 23.1 Å². The van der Waals surface area contributed by atoms with E-state index in [1.807, 2.05) is 0 Å². The van der Waals surface area contributed by atoms with Crippen LogP contribution in [-0.4, -0.2) is 12.3 Å². The topological polar surface area (TPSA) is 12.0 Å². The normalized spacial score (nSPS) is 25.0. The zero-order chi connectivity index (χ0) is 11.7. The average Bonchev–Trinajstić information content (AvgIpc) is 2.38. The molecule has 0 aliphatic carbocycles. The van der Waals surface area contributed by atoms with Crippen LogP contribution in [0.5, 0.6) is 0 Å². The molecule has 2 unspecified atom stereocenters. The zero-order valence-electron chi connectivity index (χ0n) is 10.6. The molecule has 0 spiro atoms. The molecule has 2 heteroatoms. The van der Waals surface area contributed by atoms with Crippen molar-refractivity contribution in [2.45, 2.75) is 44.2 Å². The molecule has 0 saturated heterocycles. The Labute approximate surface area is 103 Å². The summed E-state index contributed by atoms with van der Waals surface area (Å²) in [6, 6.07) is 5.20. The van der Waals surface area contributed by atoms with Crippen LogP contribution in [0.1, 0.15) is 41.6 Å². The molecule has 1 aliphatic heterocycles. The van der Waals surface area contributed by atoms with E-state index in [0.717, 1.165) is 11.0 Å². The van der Waals surface area contributed by atoms with Gasteiger partial charge in [-0.05, 0) is 44.0 Å². The lowest BCUT2D eigenvalue weighted by Crippen LogP contribution is -2.20. The Hall–Kier alpha value is -0.470. The lowest BCUT2D eigenvalue weighted by molar-refractivity contribution is 0.547. The summed E-state index contributed by atoms with van der Waals surface area (Å²) >= 11 is 2.08. The van der Waals surface area contributed by atoms with Gasteiger partial charge in [-0.3, -0.25) is 0 Å². The molecule has 0 radical (unpaired) electrons. The second-order valence-corrected chi connectivity index (χ2v) is 6.28. The van der Waals surface area contributed by atoms with Crippen LogP contribution in [0.15, 0.2) is 12.1 Å². The molecule has 0 bridgehead atoms. The van der Waals surface area contributed by atoms with Crippen LogP contribution in [0.2, 0.25) is 0 Å². The van der Waals surface area contributed by atoms with E-state index in [-0.39, 0.29) is 0 Å². The van der Waals surface area contributed by atoms with Crippen molar-refractivity contribution in [1.82, 2.24) is 5.32 Å². The number of aryl methyl sites for hydroxylation is 2. The number of fused-ring (bicyclic) bond motifs is 1. The fourth-order valence-corrected chi connectivity index (χ4v) is 3.73. The Morgan fingerprint density at radius 1 is 1.31 bits per heavy atom. The third kappa shape index (κ3) is 2.28. The van der Waals surface area contributed by atoms with Crippen molar-refractivity contribution in [1.29, 1.82) is 0 Å². The maximum absolute atomic E-state index is 3.48. The first-order chi connectivity index (χ1) is 7.61. The van der Waals surface area contributed by atoms with Crippen molar-refractivity contribution in [3.8, 4) is 0 Å². The van der Waals surface area contributed by atoms with Gasteiger partial charge in [0.15, 0.2) is 0 Å². The molecule has 1 nitrogen and oxygen atoms in total. The molecule has 1 heterocycles. The van der Waals surface area contributed by atoms with Crippen LogP contribution in [0, 0.1) is 13.8 Å². The highest BCUT2D eigenvalue weighted by molar-refractivity contribution is 7.99. The quantitative estimate of drug-likeness (QED) is 0.798. The van der Waals surface area contributed by atoms with Gasteiger partial charge in [-0.25, -0.2) is 0 Å². The smallest absolute Gasteiger partial charge is 0.0333 e. The minimum absolute atomic E-state index is 0.528. The highest BCUT2D eigenvalue weighted by Crippen LogP contribution is 2.36. The van der Waals surface area contributed by atoms with Crippen LogP contribution < -0.4 is 5.32 Å². The van der Waals surface area contributed by atoms with Crippen molar-refractivity contribution >= 4 is 11.8 Å². The third-order valence-corrected chi connectivity index (χ3v) is 4.64. The predicted molar refractivity (Wildman–Crippen MR) is 73.1 cm³/mol. The molecule has 0 aromatic heterocycles. The number of hydrogen-bond donors (Lipinski definition) is 1. The molecule has 2 atom stereocenters. The van der Waals surface area contributed by atoms with E-state index in [2.05, 4.69) is 57.0 Å². The van der Waals surface area contributed by atoms with Crippen LogP contribution >= 0.6 is 11.8 Å². The van der Waals surface area contributed by atoms with E-state index in [9.17, 15) is 0 Å². The van der Waals surface area contributed by atoms with E-state index in [0.29, 0.717) is 6.04 Å². The van der Waals surface area contributed by atoms with Gasteiger partial charge in [0.25, 0.3) is 0 Å². The van der Waals surface area contributed by atoms with Gasteiger partial charge in [-0.2, -0.15) is 11.8 Å². The second kappa shape index (κ2) is 4.80. The Morgan fingerprint density at radius 2 is 2.06 bits per heavy atom. The Kier molecular flexibility index (Phi) is 3.60. The van der Waals surface area contributed by atoms with Crippen LogP contribution in [0.3, 0.4) is 0 Å². The predicted octanol–water partition coefficient (Wildman–Crippen LogP) is 3.59. The molecule has 1 aromatic carbocycles. The summed E-state index contributed by atoms with van der Waals surface area (Å²) in [4.78, 5) is 0. The Bertz CT molecular complexity index is 387. The van der Waals surface area contributed by atoms with Gasteiger partial charge in [0.1, 0.15) is 0 Å². The lowest BCUT2D eigenvalue weighted by atomic mass is 9.92. The Balaban J connectivity index is 2.48. The Morgan fingerprint density at radius 3 is 2.75 bits per heavy atom. The summed E-state index contributed by atoms with van der Waals surface area (Å²) in [5.74, 6) is 1.16. The maximum atomic E-state index is 3.48. The first-order valence-electron chi connectivity index (χ1n) is 6.00. The summed E-state index contributed by atoms with van der Waals surface area (Å²) in [7, 11) is 2.08. The second-order valence-electron chi connectivity index (χ2n) is 4.85. The average molecular weight is 235 g/mol. The number of thioether (sulfide) groups is 1. The molecule has 0 amide bonds. The monoisotopic (exact) mass is 235 g/mol. The van der Waals surface area contributed by atoms with E-state index in [4.69, 9.17) is 0 Å². The number of hydrogen-bond acceptors (Lipinski definition) is 2. The zero-order valence-corrected chi connectivity index (χ0v) is 11.4. The molecular weight excluding hydrogens is 214 g/mol. The van der Waals surface area contributed by atoms with Crippen LogP contribution in [0.25, 0.3) is 0 Å². The summed E-state index contributed by atoms with van der Waals surface area (Å²) in [5, 5.41) is 4.22. The van der Waals surface area contributed by atoms with E-state index in [1.54, 1.807) is 5.56 Å². The molecule has 0 fully saturated rings. The van der Waals surface area contributed by atoms with Crippen molar-refractivity contribution in [2.75, 3.05) is 7.05 Å². The molecule has 2 rings (SSSR count). The SMILES string of the molecule is CNC1CC(C)SCc2cc(C)cc(C)c21. The van der Waals surface area contributed by atoms with Crippen molar-refractivity contribution in [3.05, 3.63) is 34.4 Å². The van der Waals surface area contributed by atoms with Gasteiger partial charge in [-0.15, -0.1) is 0 Å². The molecule has 1 N–H and O–H groups in total. The first-order valence-corrected chi connectivity index (χ1v) is 7.05. The summed E-state index contributed by atoms with van der Waals surface area (Å²) in [6.07, 6.45) is 1.23. The summed E-state index contributed by atoms with van der Waals surface area (Å²) in [5.41, 5.74) is 5.92. The minimum atomic E-state index is 0.528. The largest absolute Gasteiger partial charge is 0.313 e. The highest BCUT2D eigenvalue weighted by Gasteiger charge is 2.23. The van der Waals surface area contributed by atoms with Crippen LogP contribution in [-0.2, 0) is 5.75 Å². The van der Waals surface area contributed by atoms with Gasteiger partial charge in [-0.1, -0.05) is 24.6 Å². The first kappa shape index (κ1) is 12.0. The summed E-state index contributed by atoms with van der Waals surface area (Å²) in [6.45, 7) is 6.78. The van der Waals surface area contributed by atoms with Crippen molar-refractivity contribution in [3.63, 3.8) is 0 Å². The molecule has 1 aromatic rings. The van der Waals surface area contributed by atoms with Gasteiger partial charge >= 0.3 is 0 Å². The lowest BCUT2D eigenvalue weighted by Gasteiger charge is -2.21. The fourth-order valence-electron chi connectivity index (χ4n) is 2.70.